The molecule has 0 aromatic carbocycles. The number of nitrogens with zero attached hydrogens (tertiary/aromatic N) is 1. The van der Waals surface area contributed by atoms with E-state index in [1.807, 2.05) is 6.92 Å². The lowest BCUT2D eigenvalue weighted by molar-refractivity contribution is -0.144. The van der Waals surface area contributed by atoms with Gasteiger partial charge in [0.05, 0.1) is 13.0 Å². The van der Waals surface area contributed by atoms with Gasteiger partial charge in [0.25, 0.3) is 0 Å². The first-order chi connectivity index (χ1) is 6.61. The second-order valence-electron chi connectivity index (χ2n) is 3.69. The van der Waals surface area contributed by atoms with Gasteiger partial charge in [-0.3, -0.25) is 4.79 Å². The third kappa shape index (κ3) is 5.97. The van der Waals surface area contributed by atoms with Crippen LogP contribution in [0.2, 0.25) is 0 Å². The fraction of sp³-hybridized carbons (Fsp3) is 0.909. The monoisotopic (exact) mass is 201 g/mol. The highest BCUT2D eigenvalue weighted by atomic mass is 16.5. The number of carbonyl (C=O) groups excluding carboxylic acids is 1. The molecule has 0 spiro atoms. The Balaban J connectivity index is 3.70. The van der Waals surface area contributed by atoms with Gasteiger partial charge in [-0.25, -0.2) is 0 Å². The number of hydrogen-bond donors (Lipinski definition) is 0. The second kappa shape index (κ2) is 7.80. The summed E-state index contributed by atoms with van der Waals surface area (Å²) in [7, 11) is 2.06. The van der Waals surface area contributed by atoms with Gasteiger partial charge in [-0.1, -0.05) is 13.3 Å². The lowest BCUT2D eigenvalue weighted by Crippen LogP contribution is -2.32. The van der Waals surface area contributed by atoms with E-state index in [1.54, 1.807) is 0 Å². The zero-order chi connectivity index (χ0) is 11.0. The SMILES string of the molecule is CCCCN(C)C(C)CC(=O)OCC. The van der Waals surface area contributed by atoms with E-state index < -0.39 is 0 Å². The first kappa shape index (κ1) is 13.4. The molecule has 14 heavy (non-hydrogen) atoms. The van der Waals surface area contributed by atoms with Crippen molar-refractivity contribution in [2.75, 3.05) is 20.2 Å². The molecule has 1 atom stereocenters. The minimum Gasteiger partial charge on any atom is -0.466 e. The average Bonchev–Trinajstić information content (AvgIpc) is 2.14. The first-order valence-corrected chi connectivity index (χ1v) is 5.47. The lowest BCUT2D eigenvalue weighted by atomic mass is 10.2. The molecule has 3 nitrogen and oxygen atoms in total. The summed E-state index contributed by atoms with van der Waals surface area (Å²) >= 11 is 0. The standard InChI is InChI=1S/C11H23NO2/c1-5-7-8-12(4)10(3)9-11(13)14-6-2/h10H,5-9H2,1-4H3. The van der Waals surface area contributed by atoms with Crippen LogP contribution in [0.15, 0.2) is 0 Å². The van der Waals surface area contributed by atoms with Crippen LogP contribution in [0.25, 0.3) is 0 Å². The molecule has 0 amide bonds. The molecule has 0 aliphatic heterocycles. The van der Waals surface area contributed by atoms with Crippen molar-refractivity contribution in [3.05, 3.63) is 0 Å². The van der Waals surface area contributed by atoms with Crippen molar-refractivity contribution < 1.29 is 9.53 Å². The Morgan fingerprint density at radius 1 is 1.43 bits per heavy atom. The minimum absolute atomic E-state index is 0.0941. The second-order valence-corrected chi connectivity index (χ2v) is 3.69. The van der Waals surface area contributed by atoms with Gasteiger partial charge < -0.3 is 9.64 Å². The Morgan fingerprint density at radius 2 is 2.07 bits per heavy atom. The number of rotatable bonds is 7. The normalized spacial score (nSPS) is 12.9. The molecule has 0 saturated carbocycles. The maximum absolute atomic E-state index is 11.2. The van der Waals surface area contributed by atoms with Gasteiger partial charge in [-0.15, -0.1) is 0 Å². The van der Waals surface area contributed by atoms with Crippen LogP contribution >= 0.6 is 0 Å². The fourth-order valence-electron chi connectivity index (χ4n) is 1.24. The van der Waals surface area contributed by atoms with Crippen molar-refractivity contribution in [3.63, 3.8) is 0 Å². The van der Waals surface area contributed by atoms with Gasteiger partial charge in [-0.2, -0.15) is 0 Å². The quantitative estimate of drug-likeness (QED) is 0.590. The van der Waals surface area contributed by atoms with Crippen LogP contribution in [0.3, 0.4) is 0 Å². The number of ether oxygens (including phenoxy) is 1. The van der Waals surface area contributed by atoms with Gasteiger partial charge in [0.2, 0.25) is 0 Å². The number of esters is 1. The highest BCUT2D eigenvalue weighted by Gasteiger charge is 2.13. The molecule has 84 valence electrons. The summed E-state index contributed by atoms with van der Waals surface area (Å²) in [5.41, 5.74) is 0. The van der Waals surface area contributed by atoms with Crippen LogP contribution in [0.5, 0.6) is 0 Å². The molecular weight excluding hydrogens is 178 g/mol. The Labute approximate surface area is 87.4 Å². The summed E-state index contributed by atoms with van der Waals surface area (Å²) in [5.74, 6) is -0.0941. The molecule has 0 aliphatic carbocycles. The maximum atomic E-state index is 11.2. The molecule has 0 N–H and O–H groups in total. The van der Waals surface area contributed by atoms with E-state index in [-0.39, 0.29) is 12.0 Å². The van der Waals surface area contributed by atoms with Crippen LogP contribution < -0.4 is 0 Å². The van der Waals surface area contributed by atoms with Gasteiger partial charge >= 0.3 is 5.97 Å². The smallest absolute Gasteiger partial charge is 0.307 e. The average molecular weight is 201 g/mol. The molecular formula is C11H23NO2. The van der Waals surface area contributed by atoms with Crippen molar-refractivity contribution in [1.82, 2.24) is 4.90 Å². The molecule has 0 heterocycles. The van der Waals surface area contributed by atoms with Crippen molar-refractivity contribution in [3.8, 4) is 0 Å². The van der Waals surface area contributed by atoms with Crippen LogP contribution in [0.1, 0.15) is 40.0 Å². The van der Waals surface area contributed by atoms with E-state index in [2.05, 4.69) is 25.8 Å². The zero-order valence-electron chi connectivity index (χ0n) is 9.88. The van der Waals surface area contributed by atoms with Crippen LogP contribution in [-0.2, 0) is 9.53 Å². The van der Waals surface area contributed by atoms with E-state index in [9.17, 15) is 4.79 Å². The predicted molar refractivity (Wildman–Crippen MR) is 58.3 cm³/mol. The van der Waals surface area contributed by atoms with Gasteiger partial charge in [0.1, 0.15) is 0 Å². The van der Waals surface area contributed by atoms with E-state index in [0.717, 1.165) is 6.54 Å². The van der Waals surface area contributed by atoms with Crippen LogP contribution in [0, 0.1) is 0 Å². The minimum atomic E-state index is -0.0941. The molecule has 1 unspecified atom stereocenters. The largest absolute Gasteiger partial charge is 0.466 e. The molecule has 0 rings (SSSR count). The summed E-state index contributed by atoms with van der Waals surface area (Å²) in [5, 5.41) is 0. The Kier molecular flexibility index (Phi) is 7.48. The highest BCUT2D eigenvalue weighted by molar-refractivity contribution is 5.69. The summed E-state index contributed by atoms with van der Waals surface area (Å²) in [6, 6.07) is 0.278. The molecule has 0 fully saturated rings. The molecule has 0 bridgehead atoms. The predicted octanol–water partition coefficient (Wildman–Crippen LogP) is 2.06. The fourth-order valence-corrected chi connectivity index (χ4v) is 1.24. The first-order valence-electron chi connectivity index (χ1n) is 5.47. The Hall–Kier alpha value is -0.570. The number of hydrogen-bond acceptors (Lipinski definition) is 3. The van der Waals surface area contributed by atoms with E-state index in [4.69, 9.17) is 4.74 Å². The van der Waals surface area contributed by atoms with Gasteiger partial charge in [0, 0.05) is 6.04 Å². The van der Waals surface area contributed by atoms with Crippen molar-refractivity contribution in [1.29, 1.82) is 0 Å². The van der Waals surface area contributed by atoms with Gasteiger partial charge in [0.15, 0.2) is 0 Å². The summed E-state index contributed by atoms with van der Waals surface area (Å²) in [6.07, 6.45) is 2.87. The molecule has 0 saturated heterocycles. The molecule has 0 aromatic heterocycles. The third-order valence-corrected chi connectivity index (χ3v) is 2.38. The molecule has 3 heteroatoms. The molecule has 0 aliphatic rings. The highest BCUT2D eigenvalue weighted by Crippen LogP contribution is 2.04. The van der Waals surface area contributed by atoms with Crippen molar-refractivity contribution in [2.24, 2.45) is 0 Å². The van der Waals surface area contributed by atoms with Gasteiger partial charge in [-0.05, 0) is 33.9 Å². The summed E-state index contributed by atoms with van der Waals surface area (Å²) in [6.45, 7) is 7.60. The third-order valence-electron chi connectivity index (χ3n) is 2.38. The number of unbranched alkanes of at least 4 members (excludes halogenated alkanes) is 1. The lowest BCUT2D eigenvalue weighted by Gasteiger charge is -2.23. The van der Waals surface area contributed by atoms with Crippen LogP contribution in [0.4, 0.5) is 0 Å². The Bertz CT molecular complexity index is 159. The maximum Gasteiger partial charge on any atom is 0.307 e. The molecule has 0 aromatic rings. The zero-order valence-corrected chi connectivity index (χ0v) is 9.88. The van der Waals surface area contributed by atoms with Crippen molar-refractivity contribution >= 4 is 5.97 Å². The molecule has 0 radical (unpaired) electrons. The summed E-state index contributed by atoms with van der Waals surface area (Å²) < 4.78 is 4.90. The van der Waals surface area contributed by atoms with Crippen molar-refractivity contribution in [2.45, 2.75) is 46.1 Å². The van der Waals surface area contributed by atoms with E-state index >= 15 is 0 Å². The topological polar surface area (TPSA) is 29.5 Å². The van der Waals surface area contributed by atoms with E-state index in [1.165, 1.54) is 12.8 Å². The van der Waals surface area contributed by atoms with Crippen LogP contribution in [-0.4, -0.2) is 37.1 Å². The Morgan fingerprint density at radius 3 is 2.57 bits per heavy atom. The van der Waals surface area contributed by atoms with E-state index in [0.29, 0.717) is 13.0 Å². The summed E-state index contributed by atoms with van der Waals surface area (Å²) in [4.78, 5) is 13.4. The number of carbonyl (C=O) groups is 1.